The third kappa shape index (κ3) is 4.40. The monoisotopic (exact) mass is 380 g/mol. The first-order valence-corrected chi connectivity index (χ1v) is 10.00. The minimum absolute atomic E-state index is 0.259. The van der Waals surface area contributed by atoms with Crippen LogP contribution in [0.4, 0.5) is 0 Å². The van der Waals surface area contributed by atoms with Crippen LogP contribution in [-0.2, 0) is 10.0 Å². The topological polar surface area (TPSA) is 60.9 Å². The van der Waals surface area contributed by atoms with Gasteiger partial charge in [0.05, 0.1) is 11.0 Å². The SMILES string of the molecule is O=S(=O)(c1ccc(Cl)cc1)N1CCN(C[C@@H](O)c2ccccc2)CC1. The molecule has 2 aromatic carbocycles. The highest BCUT2D eigenvalue weighted by Gasteiger charge is 2.29. The lowest BCUT2D eigenvalue weighted by atomic mass is 10.1. The largest absolute Gasteiger partial charge is 0.387 e. The second kappa shape index (κ2) is 7.85. The molecule has 0 bridgehead atoms. The van der Waals surface area contributed by atoms with E-state index in [0.717, 1.165) is 5.56 Å². The number of rotatable bonds is 5. The van der Waals surface area contributed by atoms with E-state index in [1.54, 1.807) is 12.1 Å². The minimum atomic E-state index is -3.50. The predicted octanol–water partition coefficient (Wildman–Crippen LogP) is 2.38. The molecule has 5 nitrogen and oxygen atoms in total. The van der Waals surface area contributed by atoms with Gasteiger partial charge in [-0.05, 0) is 29.8 Å². The van der Waals surface area contributed by atoms with Gasteiger partial charge in [-0.15, -0.1) is 0 Å². The van der Waals surface area contributed by atoms with Gasteiger partial charge >= 0.3 is 0 Å². The summed E-state index contributed by atoms with van der Waals surface area (Å²) in [5, 5.41) is 10.8. The molecule has 1 atom stereocenters. The highest BCUT2D eigenvalue weighted by atomic mass is 35.5. The molecule has 1 aliphatic heterocycles. The molecule has 0 spiro atoms. The van der Waals surface area contributed by atoms with Crippen LogP contribution in [-0.4, -0.2) is 55.5 Å². The van der Waals surface area contributed by atoms with Gasteiger partial charge in [-0.3, -0.25) is 4.90 Å². The van der Waals surface area contributed by atoms with Crippen LogP contribution in [0.3, 0.4) is 0 Å². The maximum absolute atomic E-state index is 12.7. The molecule has 134 valence electrons. The van der Waals surface area contributed by atoms with Crippen molar-refractivity contribution in [3.8, 4) is 0 Å². The van der Waals surface area contributed by atoms with Crippen LogP contribution in [0, 0.1) is 0 Å². The zero-order chi connectivity index (χ0) is 17.9. The number of sulfonamides is 1. The molecule has 1 N–H and O–H groups in total. The number of hydrogen-bond donors (Lipinski definition) is 1. The molecule has 0 aromatic heterocycles. The summed E-state index contributed by atoms with van der Waals surface area (Å²) in [5.41, 5.74) is 0.874. The number of benzene rings is 2. The lowest BCUT2D eigenvalue weighted by Gasteiger charge is -2.35. The molecule has 1 saturated heterocycles. The van der Waals surface area contributed by atoms with Crippen molar-refractivity contribution in [2.75, 3.05) is 32.7 Å². The Morgan fingerprint density at radius 2 is 1.56 bits per heavy atom. The molecule has 1 aliphatic rings. The van der Waals surface area contributed by atoms with Gasteiger partial charge < -0.3 is 5.11 Å². The average Bonchev–Trinajstić information content (AvgIpc) is 2.63. The van der Waals surface area contributed by atoms with Crippen LogP contribution in [0.5, 0.6) is 0 Å². The van der Waals surface area contributed by atoms with E-state index in [1.165, 1.54) is 16.4 Å². The lowest BCUT2D eigenvalue weighted by Crippen LogP contribution is -2.49. The fourth-order valence-electron chi connectivity index (χ4n) is 2.93. The Hall–Kier alpha value is -1.44. The Bertz CT molecular complexity index is 789. The zero-order valence-electron chi connectivity index (χ0n) is 13.8. The number of aliphatic hydroxyl groups excluding tert-OH is 1. The van der Waals surface area contributed by atoms with Gasteiger partial charge in [0.25, 0.3) is 0 Å². The van der Waals surface area contributed by atoms with Crippen LogP contribution in [0.2, 0.25) is 5.02 Å². The highest BCUT2D eigenvalue weighted by molar-refractivity contribution is 7.89. The Kier molecular flexibility index (Phi) is 5.76. The van der Waals surface area contributed by atoms with E-state index in [2.05, 4.69) is 4.90 Å². The Morgan fingerprint density at radius 1 is 0.960 bits per heavy atom. The number of halogens is 1. The molecule has 0 radical (unpaired) electrons. The predicted molar refractivity (Wildman–Crippen MR) is 98.1 cm³/mol. The summed E-state index contributed by atoms with van der Waals surface area (Å²) in [5.74, 6) is 0. The summed E-state index contributed by atoms with van der Waals surface area (Å²) < 4.78 is 26.8. The van der Waals surface area contributed by atoms with E-state index in [4.69, 9.17) is 11.6 Å². The number of piperazine rings is 1. The smallest absolute Gasteiger partial charge is 0.243 e. The van der Waals surface area contributed by atoms with Gasteiger partial charge in [0, 0.05) is 37.7 Å². The molecule has 0 amide bonds. The van der Waals surface area contributed by atoms with Crippen LogP contribution in [0.1, 0.15) is 11.7 Å². The van der Waals surface area contributed by atoms with Crippen molar-refractivity contribution in [3.05, 3.63) is 65.2 Å². The molecule has 25 heavy (non-hydrogen) atoms. The molecule has 0 aliphatic carbocycles. The normalized spacial score (nSPS) is 18.2. The van der Waals surface area contributed by atoms with E-state index in [-0.39, 0.29) is 4.90 Å². The molecule has 7 heteroatoms. The van der Waals surface area contributed by atoms with Crippen molar-refractivity contribution in [2.45, 2.75) is 11.0 Å². The summed E-state index contributed by atoms with van der Waals surface area (Å²) in [6.45, 7) is 2.51. The summed E-state index contributed by atoms with van der Waals surface area (Å²) in [4.78, 5) is 2.35. The Morgan fingerprint density at radius 3 is 2.16 bits per heavy atom. The number of aliphatic hydroxyl groups is 1. The minimum Gasteiger partial charge on any atom is -0.387 e. The van der Waals surface area contributed by atoms with Crippen molar-refractivity contribution in [3.63, 3.8) is 0 Å². The molecule has 0 unspecified atom stereocenters. The van der Waals surface area contributed by atoms with Gasteiger partial charge in [0.15, 0.2) is 0 Å². The van der Waals surface area contributed by atoms with Crippen molar-refractivity contribution in [1.82, 2.24) is 9.21 Å². The first kappa shape index (κ1) is 18.4. The maximum atomic E-state index is 12.7. The zero-order valence-corrected chi connectivity index (χ0v) is 15.3. The lowest BCUT2D eigenvalue weighted by molar-refractivity contribution is 0.0921. The van der Waals surface area contributed by atoms with Gasteiger partial charge in [0.1, 0.15) is 0 Å². The Labute approximate surface area is 153 Å². The van der Waals surface area contributed by atoms with E-state index in [9.17, 15) is 13.5 Å². The molecular weight excluding hydrogens is 360 g/mol. The second-order valence-corrected chi connectivity index (χ2v) is 8.46. The second-order valence-electron chi connectivity index (χ2n) is 6.09. The third-order valence-corrected chi connectivity index (χ3v) is 6.56. The van der Waals surface area contributed by atoms with Crippen molar-refractivity contribution >= 4 is 21.6 Å². The molecule has 2 aromatic rings. The first-order valence-electron chi connectivity index (χ1n) is 8.18. The summed E-state index contributed by atoms with van der Waals surface area (Å²) >= 11 is 5.83. The fourth-order valence-corrected chi connectivity index (χ4v) is 4.48. The number of hydrogen-bond acceptors (Lipinski definition) is 4. The third-order valence-electron chi connectivity index (χ3n) is 4.40. The van der Waals surface area contributed by atoms with E-state index in [1.807, 2.05) is 30.3 Å². The van der Waals surface area contributed by atoms with E-state index >= 15 is 0 Å². The van der Waals surface area contributed by atoms with Gasteiger partial charge in [-0.2, -0.15) is 4.31 Å². The standard InChI is InChI=1S/C18H21ClN2O3S/c19-16-6-8-17(9-7-16)25(23,24)21-12-10-20(11-13-21)14-18(22)15-4-2-1-3-5-15/h1-9,18,22H,10-14H2/t18-/m1/s1. The van der Waals surface area contributed by atoms with Gasteiger partial charge in [-0.25, -0.2) is 8.42 Å². The first-order chi connectivity index (χ1) is 12.0. The van der Waals surface area contributed by atoms with E-state index in [0.29, 0.717) is 37.7 Å². The average molecular weight is 381 g/mol. The van der Waals surface area contributed by atoms with Crippen LogP contribution in [0.15, 0.2) is 59.5 Å². The molecule has 0 saturated carbocycles. The summed E-state index contributed by atoms with van der Waals surface area (Å²) in [6, 6.07) is 15.7. The van der Waals surface area contributed by atoms with Crippen molar-refractivity contribution < 1.29 is 13.5 Å². The van der Waals surface area contributed by atoms with E-state index < -0.39 is 16.1 Å². The Balaban J connectivity index is 1.59. The van der Waals surface area contributed by atoms with Crippen LogP contribution >= 0.6 is 11.6 Å². The summed E-state index contributed by atoms with van der Waals surface area (Å²) in [6.07, 6.45) is -0.569. The number of nitrogens with zero attached hydrogens (tertiary/aromatic N) is 2. The van der Waals surface area contributed by atoms with Crippen LogP contribution < -0.4 is 0 Å². The molecule has 3 rings (SSSR count). The van der Waals surface area contributed by atoms with Crippen molar-refractivity contribution in [2.24, 2.45) is 0 Å². The number of β-amino-alcohol motifs (C(OH)–C–C–N with tert-alkyl or cyclic N) is 1. The van der Waals surface area contributed by atoms with Gasteiger partial charge in [-0.1, -0.05) is 41.9 Å². The van der Waals surface area contributed by atoms with Crippen molar-refractivity contribution in [1.29, 1.82) is 0 Å². The maximum Gasteiger partial charge on any atom is 0.243 e. The van der Waals surface area contributed by atoms with Gasteiger partial charge in [0.2, 0.25) is 10.0 Å². The fraction of sp³-hybridized carbons (Fsp3) is 0.333. The molecule has 1 heterocycles. The molecular formula is C18H21ClN2O3S. The summed E-state index contributed by atoms with van der Waals surface area (Å²) in [7, 11) is -3.50. The van der Waals surface area contributed by atoms with Crippen LogP contribution in [0.25, 0.3) is 0 Å². The highest BCUT2D eigenvalue weighted by Crippen LogP contribution is 2.21. The molecule has 1 fully saturated rings. The quantitative estimate of drug-likeness (QED) is 0.865.